The molecule has 3 aromatic rings. The van der Waals surface area contributed by atoms with Gasteiger partial charge >= 0.3 is 5.97 Å². The maximum absolute atomic E-state index is 13.3. The quantitative estimate of drug-likeness (QED) is 0.299. The van der Waals surface area contributed by atoms with Crippen LogP contribution >= 0.6 is 11.3 Å². The lowest BCUT2D eigenvalue weighted by Crippen LogP contribution is -2.36. The number of carbonyl (C=O) groups is 2. The molecule has 1 aromatic carbocycles. The molecule has 2 aliphatic rings. The van der Waals surface area contributed by atoms with Gasteiger partial charge in [0.2, 0.25) is 0 Å². The minimum absolute atomic E-state index is 0.119. The van der Waals surface area contributed by atoms with Gasteiger partial charge in [0, 0.05) is 36.1 Å². The number of carboxylic acids is 1. The summed E-state index contributed by atoms with van der Waals surface area (Å²) in [6, 6.07) is 6.77. The summed E-state index contributed by atoms with van der Waals surface area (Å²) in [7, 11) is 1.68. The zero-order valence-electron chi connectivity index (χ0n) is 24.1. The third kappa shape index (κ3) is 6.76. The van der Waals surface area contributed by atoms with Gasteiger partial charge in [0.1, 0.15) is 22.3 Å². The van der Waals surface area contributed by atoms with Crippen LogP contribution in [0.5, 0.6) is 5.75 Å². The summed E-state index contributed by atoms with van der Waals surface area (Å²) < 4.78 is 5.59. The van der Waals surface area contributed by atoms with Gasteiger partial charge in [0.25, 0.3) is 0 Å². The monoisotopic (exact) mass is 577 g/mol. The number of benzene rings is 1. The lowest BCUT2D eigenvalue weighted by atomic mass is 9.97. The van der Waals surface area contributed by atoms with Gasteiger partial charge in [0.15, 0.2) is 5.78 Å². The first kappa shape index (κ1) is 29.1. The molecule has 9 nitrogen and oxygen atoms in total. The number of likely N-dealkylation sites (tertiary alicyclic amines) is 1. The van der Waals surface area contributed by atoms with Crippen molar-refractivity contribution in [3.05, 3.63) is 51.7 Å². The number of Topliss-reactive ketones (excluding diaryl/α,β-unsaturated/α-hetero) is 1. The van der Waals surface area contributed by atoms with Crippen molar-refractivity contribution >= 4 is 28.9 Å². The summed E-state index contributed by atoms with van der Waals surface area (Å²) in [5, 5.41) is 10.0. The zero-order valence-corrected chi connectivity index (χ0v) is 25.0. The molecule has 2 fully saturated rings. The van der Waals surface area contributed by atoms with Gasteiger partial charge in [-0.25, -0.2) is 15.0 Å². The maximum atomic E-state index is 13.3. The normalized spacial score (nSPS) is 18.1. The Labute approximate surface area is 245 Å². The second-order valence-electron chi connectivity index (χ2n) is 11.1. The van der Waals surface area contributed by atoms with Crippen LogP contribution in [0, 0.1) is 12.8 Å². The minimum Gasteiger partial charge on any atom is -0.496 e. The molecule has 41 heavy (non-hydrogen) atoms. The molecule has 218 valence electrons. The lowest BCUT2D eigenvalue weighted by Gasteiger charge is -2.30. The molecule has 2 aliphatic heterocycles. The highest BCUT2D eigenvalue weighted by Crippen LogP contribution is 2.35. The predicted molar refractivity (Wildman–Crippen MR) is 160 cm³/mol. The van der Waals surface area contributed by atoms with Crippen LogP contribution in [-0.2, 0) is 17.8 Å². The van der Waals surface area contributed by atoms with E-state index in [4.69, 9.17) is 9.72 Å². The number of hydrogen-bond donors (Lipinski definition) is 1. The number of anilines is 1. The van der Waals surface area contributed by atoms with E-state index in [0.29, 0.717) is 43.5 Å². The third-order valence-corrected chi connectivity index (χ3v) is 9.33. The van der Waals surface area contributed by atoms with Gasteiger partial charge in [-0.3, -0.25) is 14.5 Å². The Morgan fingerprint density at radius 1 is 1.12 bits per heavy atom. The summed E-state index contributed by atoms with van der Waals surface area (Å²) in [6.07, 6.45) is 9.29. The number of hydrogen-bond acceptors (Lipinski definition) is 9. The summed E-state index contributed by atoms with van der Waals surface area (Å²) in [5.41, 5.74) is 3.30. The van der Waals surface area contributed by atoms with Crippen molar-refractivity contribution in [2.24, 2.45) is 5.92 Å². The molecule has 2 saturated heterocycles. The highest BCUT2D eigenvalue weighted by molar-refractivity contribution is 7.12. The van der Waals surface area contributed by atoms with Crippen LogP contribution < -0.4 is 9.64 Å². The van der Waals surface area contributed by atoms with Crippen molar-refractivity contribution in [2.75, 3.05) is 31.6 Å². The van der Waals surface area contributed by atoms with Crippen molar-refractivity contribution in [2.45, 2.75) is 71.4 Å². The first-order valence-corrected chi connectivity index (χ1v) is 15.4. The molecule has 10 heteroatoms. The number of carboxylic acid groups (broad SMARTS) is 1. The van der Waals surface area contributed by atoms with E-state index in [9.17, 15) is 14.7 Å². The standard InChI is InChI=1S/C31H39N5O4S/c1-4-6-23-7-5-12-36(23)19-27-30(22-9-8-20(2)26(15-22)40-3)34-29(41-27)16-25(37)24-17-33-28(18-32-24)35-13-10-21(11-14-35)31(38)39/h8-9,15,17-18,21,23H,4-7,10-14,16,19H2,1-3H3,(H,38,39). The number of carbonyl (C=O) groups excluding carboxylic acids is 1. The Morgan fingerprint density at radius 3 is 2.61 bits per heavy atom. The van der Waals surface area contributed by atoms with E-state index in [1.54, 1.807) is 24.6 Å². The Hall–Kier alpha value is -3.37. The van der Waals surface area contributed by atoms with Crippen molar-refractivity contribution in [1.82, 2.24) is 19.9 Å². The van der Waals surface area contributed by atoms with Gasteiger partial charge < -0.3 is 14.7 Å². The molecule has 0 spiro atoms. The molecule has 1 unspecified atom stereocenters. The van der Waals surface area contributed by atoms with Gasteiger partial charge in [-0.15, -0.1) is 11.3 Å². The number of aromatic nitrogens is 3. The largest absolute Gasteiger partial charge is 0.496 e. The van der Waals surface area contributed by atoms with Crippen molar-refractivity contribution in [3.63, 3.8) is 0 Å². The van der Waals surface area contributed by atoms with Gasteiger partial charge in [0.05, 0.1) is 37.5 Å². The topological polar surface area (TPSA) is 109 Å². The molecule has 0 radical (unpaired) electrons. The Morgan fingerprint density at radius 2 is 1.93 bits per heavy atom. The Bertz CT molecular complexity index is 1370. The fourth-order valence-corrected chi connectivity index (χ4v) is 7.05. The average molecular weight is 578 g/mol. The third-order valence-electron chi connectivity index (χ3n) is 8.29. The fourth-order valence-electron chi connectivity index (χ4n) is 5.94. The van der Waals surface area contributed by atoms with E-state index in [2.05, 4.69) is 33.9 Å². The molecule has 2 aromatic heterocycles. The van der Waals surface area contributed by atoms with Gasteiger partial charge in [-0.2, -0.15) is 0 Å². The molecule has 5 rings (SSSR count). The molecular weight excluding hydrogens is 538 g/mol. The van der Waals surface area contributed by atoms with Crippen LogP contribution in [0.1, 0.15) is 71.4 Å². The van der Waals surface area contributed by atoms with Crippen molar-refractivity contribution in [1.29, 1.82) is 0 Å². The summed E-state index contributed by atoms with van der Waals surface area (Å²) in [6.45, 7) is 7.41. The number of nitrogens with zero attached hydrogens (tertiary/aromatic N) is 5. The average Bonchev–Trinajstić information content (AvgIpc) is 3.60. The van der Waals surface area contributed by atoms with E-state index >= 15 is 0 Å². The van der Waals surface area contributed by atoms with Crippen LogP contribution in [0.3, 0.4) is 0 Å². The molecule has 0 saturated carbocycles. The number of ether oxygens (including phenoxy) is 1. The van der Waals surface area contributed by atoms with E-state index in [0.717, 1.165) is 40.7 Å². The summed E-state index contributed by atoms with van der Waals surface area (Å²) in [5.74, 6) is 0.327. The molecule has 0 bridgehead atoms. The Balaban J connectivity index is 1.33. The Kier molecular flexibility index (Phi) is 9.29. The van der Waals surface area contributed by atoms with E-state index < -0.39 is 5.97 Å². The molecule has 1 N–H and O–H groups in total. The van der Waals surface area contributed by atoms with E-state index in [1.165, 1.54) is 36.8 Å². The van der Waals surface area contributed by atoms with Crippen LogP contribution in [0.15, 0.2) is 30.6 Å². The maximum Gasteiger partial charge on any atom is 0.306 e. The predicted octanol–water partition coefficient (Wildman–Crippen LogP) is 5.41. The lowest BCUT2D eigenvalue weighted by molar-refractivity contribution is -0.142. The van der Waals surface area contributed by atoms with Crippen molar-refractivity contribution < 1.29 is 19.4 Å². The smallest absolute Gasteiger partial charge is 0.306 e. The number of aliphatic carboxylic acids is 1. The first-order valence-electron chi connectivity index (χ1n) is 14.6. The molecule has 1 atom stereocenters. The number of ketones is 1. The molecule has 0 amide bonds. The van der Waals surface area contributed by atoms with Gasteiger partial charge in [-0.1, -0.05) is 25.5 Å². The highest BCUT2D eigenvalue weighted by atomic mass is 32.1. The molecule has 4 heterocycles. The zero-order chi connectivity index (χ0) is 28.9. The summed E-state index contributed by atoms with van der Waals surface area (Å²) in [4.78, 5) is 44.2. The van der Waals surface area contributed by atoms with E-state index in [-0.39, 0.29) is 18.1 Å². The van der Waals surface area contributed by atoms with Crippen LogP contribution in [0.25, 0.3) is 11.3 Å². The summed E-state index contributed by atoms with van der Waals surface area (Å²) >= 11 is 1.61. The second-order valence-corrected chi connectivity index (χ2v) is 12.2. The number of piperidine rings is 1. The number of methoxy groups -OCH3 is 1. The van der Waals surface area contributed by atoms with Gasteiger partial charge in [-0.05, 0) is 57.2 Å². The van der Waals surface area contributed by atoms with Crippen LogP contribution in [0.2, 0.25) is 0 Å². The SMILES string of the molecule is CCCC1CCCN1Cc1sc(CC(=O)c2cnc(N3CCC(C(=O)O)CC3)cn2)nc1-c1ccc(C)c(OC)c1. The van der Waals surface area contributed by atoms with Crippen LogP contribution in [-0.4, -0.2) is 69.5 Å². The molecule has 0 aliphatic carbocycles. The van der Waals surface area contributed by atoms with E-state index in [1.807, 2.05) is 17.9 Å². The highest BCUT2D eigenvalue weighted by Gasteiger charge is 2.28. The number of thiazole rings is 1. The van der Waals surface area contributed by atoms with Crippen molar-refractivity contribution in [3.8, 4) is 17.0 Å². The number of rotatable bonds is 11. The fraction of sp³-hybridized carbons (Fsp3) is 0.516. The minimum atomic E-state index is -0.743. The second kappa shape index (κ2) is 13.1. The number of aryl methyl sites for hydroxylation is 1. The van der Waals surface area contributed by atoms with Crippen LogP contribution in [0.4, 0.5) is 5.82 Å². The first-order chi connectivity index (χ1) is 19.9. The molecular formula is C31H39N5O4S.